The smallest absolute Gasteiger partial charge is 0.243 e. The molecule has 2 aliphatic heterocycles. The molecule has 9 heteroatoms. The Hall–Kier alpha value is -1.85. The summed E-state index contributed by atoms with van der Waals surface area (Å²) >= 11 is 0. The van der Waals surface area contributed by atoms with Gasteiger partial charge in [-0.05, 0) is 36.6 Å². The van der Waals surface area contributed by atoms with Crippen LogP contribution in [-0.2, 0) is 16.6 Å². The Labute approximate surface area is 194 Å². The fourth-order valence-corrected chi connectivity index (χ4v) is 5.25. The summed E-state index contributed by atoms with van der Waals surface area (Å²) in [4.78, 5) is 4.74. The third-order valence-electron chi connectivity index (χ3n) is 5.34. The minimum Gasteiger partial charge on any atom is -0.493 e. The average Bonchev–Trinajstić information content (AvgIpc) is 3.29. The van der Waals surface area contributed by atoms with Crippen molar-refractivity contribution in [3.63, 3.8) is 0 Å². The fraction of sp³-hybridized carbons (Fsp3) is 0.381. The van der Waals surface area contributed by atoms with Crippen LogP contribution in [0.2, 0.25) is 0 Å². The molecule has 1 saturated heterocycles. The first-order chi connectivity index (χ1) is 14.0. The zero-order valence-corrected chi connectivity index (χ0v) is 19.8. The van der Waals surface area contributed by atoms with Gasteiger partial charge in [0.15, 0.2) is 5.96 Å². The Balaban J connectivity index is 0.00000256. The van der Waals surface area contributed by atoms with E-state index in [-0.39, 0.29) is 30.0 Å². The molecule has 1 atom stereocenters. The van der Waals surface area contributed by atoms with E-state index in [0.717, 1.165) is 36.1 Å². The molecule has 3 N–H and O–H groups in total. The van der Waals surface area contributed by atoms with Gasteiger partial charge in [0.2, 0.25) is 10.0 Å². The van der Waals surface area contributed by atoms with E-state index in [9.17, 15) is 8.42 Å². The number of nitrogens with one attached hydrogen (secondary N) is 1. The van der Waals surface area contributed by atoms with E-state index in [2.05, 4.69) is 10.3 Å². The Morgan fingerprint density at radius 2 is 1.83 bits per heavy atom. The van der Waals surface area contributed by atoms with Crippen LogP contribution in [0.5, 0.6) is 5.75 Å². The van der Waals surface area contributed by atoms with Crippen molar-refractivity contribution in [3.05, 3.63) is 59.7 Å². The van der Waals surface area contributed by atoms with Crippen LogP contribution in [-0.4, -0.2) is 38.4 Å². The lowest BCUT2D eigenvalue weighted by atomic mass is 10.0. The summed E-state index contributed by atoms with van der Waals surface area (Å²) in [6, 6.07) is 14.9. The number of nitrogens with two attached hydrogens (primary N) is 1. The second-order valence-corrected chi connectivity index (χ2v) is 9.27. The van der Waals surface area contributed by atoms with Crippen molar-refractivity contribution in [3.8, 4) is 5.75 Å². The summed E-state index contributed by atoms with van der Waals surface area (Å²) in [5.41, 5.74) is 8.07. The highest BCUT2D eigenvalue weighted by Gasteiger charge is 2.27. The third-order valence-corrected chi connectivity index (χ3v) is 7.25. The summed E-state index contributed by atoms with van der Waals surface area (Å²) < 4.78 is 32.4. The van der Waals surface area contributed by atoms with E-state index in [0.29, 0.717) is 37.1 Å². The lowest BCUT2D eigenvalue weighted by Crippen LogP contribution is -2.37. The molecular formula is C21H27IN4O3S. The molecule has 0 spiro atoms. The first-order valence-electron chi connectivity index (χ1n) is 9.91. The van der Waals surface area contributed by atoms with E-state index in [1.54, 1.807) is 28.6 Å². The van der Waals surface area contributed by atoms with E-state index in [1.165, 1.54) is 0 Å². The number of fused-ring (bicyclic) bond motifs is 1. The Kier molecular flexibility index (Phi) is 7.59. The predicted molar refractivity (Wildman–Crippen MR) is 128 cm³/mol. The number of rotatable bonds is 5. The number of nitrogens with zero attached hydrogens (tertiary/aromatic N) is 2. The first-order valence-corrected chi connectivity index (χ1v) is 11.4. The highest BCUT2D eigenvalue weighted by atomic mass is 127. The fourth-order valence-electron chi connectivity index (χ4n) is 3.74. The van der Waals surface area contributed by atoms with Gasteiger partial charge >= 0.3 is 0 Å². The molecule has 0 aromatic heterocycles. The number of para-hydroxylation sites is 1. The van der Waals surface area contributed by atoms with Gasteiger partial charge in [0.05, 0.1) is 24.1 Å². The molecule has 0 aliphatic carbocycles. The Morgan fingerprint density at radius 3 is 2.57 bits per heavy atom. The van der Waals surface area contributed by atoms with Crippen LogP contribution in [0.3, 0.4) is 0 Å². The van der Waals surface area contributed by atoms with Gasteiger partial charge in [-0.1, -0.05) is 30.3 Å². The monoisotopic (exact) mass is 542 g/mol. The Bertz CT molecular complexity index is 990. The number of aliphatic imine (C=N–C) groups is 1. The van der Waals surface area contributed by atoms with Gasteiger partial charge in [-0.15, -0.1) is 24.0 Å². The van der Waals surface area contributed by atoms with Crippen molar-refractivity contribution in [2.24, 2.45) is 10.7 Å². The molecule has 162 valence electrons. The van der Waals surface area contributed by atoms with Gasteiger partial charge in [-0.2, -0.15) is 4.31 Å². The number of hydrogen-bond acceptors (Lipinski definition) is 4. The molecule has 2 aromatic carbocycles. The van der Waals surface area contributed by atoms with Crippen LogP contribution >= 0.6 is 24.0 Å². The van der Waals surface area contributed by atoms with Crippen LogP contribution in [0.15, 0.2) is 58.4 Å². The zero-order chi connectivity index (χ0) is 20.3. The average molecular weight is 542 g/mol. The summed E-state index contributed by atoms with van der Waals surface area (Å²) in [6.07, 6.45) is 2.67. The second kappa shape index (κ2) is 9.97. The van der Waals surface area contributed by atoms with Crippen LogP contribution < -0.4 is 15.8 Å². The number of halogens is 1. The third kappa shape index (κ3) is 5.06. The molecule has 0 amide bonds. The molecule has 30 heavy (non-hydrogen) atoms. The SMILES string of the molecule is I.NC(=NCc1ccc(S(=O)(=O)N2CCCC2)cc1)NC1CCOc2ccccc21. The molecule has 4 rings (SSSR count). The van der Waals surface area contributed by atoms with Crippen LogP contribution in [0.1, 0.15) is 36.4 Å². The molecular weight excluding hydrogens is 515 g/mol. The number of guanidine groups is 1. The van der Waals surface area contributed by atoms with E-state index < -0.39 is 10.0 Å². The van der Waals surface area contributed by atoms with Crippen molar-refractivity contribution < 1.29 is 13.2 Å². The van der Waals surface area contributed by atoms with Crippen molar-refractivity contribution in [2.45, 2.75) is 36.7 Å². The van der Waals surface area contributed by atoms with Crippen molar-refractivity contribution >= 4 is 40.0 Å². The van der Waals surface area contributed by atoms with Gasteiger partial charge in [0, 0.05) is 25.1 Å². The molecule has 0 saturated carbocycles. The minimum atomic E-state index is -3.39. The summed E-state index contributed by atoms with van der Waals surface area (Å²) in [5.74, 6) is 1.24. The molecule has 1 unspecified atom stereocenters. The van der Waals surface area contributed by atoms with Gasteiger partial charge < -0.3 is 15.8 Å². The highest BCUT2D eigenvalue weighted by molar-refractivity contribution is 14.0. The molecule has 0 radical (unpaired) electrons. The zero-order valence-electron chi connectivity index (χ0n) is 16.7. The lowest BCUT2D eigenvalue weighted by molar-refractivity contribution is 0.262. The van der Waals surface area contributed by atoms with E-state index in [1.807, 2.05) is 24.3 Å². The quantitative estimate of drug-likeness (QED) is 0.344. The van der Waals surface area contributed by atoms with Gasteiger partial charge in [-0.3, -0.25) is 0 Å². The highest BCUT2D eigenvalue weighted by Crippen LogP contribution is 2.31. The molecule has 2 aromatic rings. The van der Waals surface area contributed by atoms with Crippen LogP contribution in [0, 0.1) is 0 Å². The molecule has 2 heterocycles. The maximum atomic E-state index is 12.6. The van der Waals surface area contributed by atoms with Gasteiger partial charge in [0.1, 0.15) is 5.75 Å². The van der Waals surface area contributed by atoms with Crippen molar-refractivity contribution in [2.75, 3.05) is 19.7 Å². The second-order valence-electron chi connectivity index (χ2n) is 7.33. The summed E-state index contributed by atoms with van der Waals surface area (Å²) in [7, 11) is -3.39. The molecule has 2 aliphatic rings. The minimum absolute atomic E-state index is 0. The van der Waals surface area contributed by atoms with E-state index >= 15 is 0 Å². The van der Waals surface area contributed by atoms with Crippen LogP contribution in [0.4, 0.5) is 0 Å². The van der Waals surface area contributed by atoms with Gasteiger partial charge in [0.25, 0.3) is 0 Å². The standard InChI is InChI=1S/C21H26N4O3S.HI/c22-21(24-19-11-14-28-20-6-2-1-5-18(19)20)23-15-16-7-9-17(10-8-16)29(26,27)25-12-3-4-13-25;/h1-2,5-10,19H,3-4,11-15H2,(H3,22,23,24);1H. The predicted octanol–water partition coefficient (Wildman–Crippen LogP) is 3.02. The Morgan fingerprint density at radius 1 is 1.13 bits per heavy atom. The van der Waals surface area contributed by atoms with Gasteiger partial charge in [-0.25, -0.2) is 13.4 Å². The van der Waals surface area contributed by atoms with Crippen LogP contribution in [0.25, 0.3) is 0 Å². The molecule has 1 fully saturated rings. The summed E-state index contributed by atoms with van der Waals surface area (Å²) in [6.45, 7) is 2.22. The summed E-state index contributed by atoms with van der Waals surface area (Å²) in [5, 5.41) is 3.26. The van der Waals surface area contributed by atoms with Crippen molar-refractivity contribution in [1.82, 2.24) is 9.62 Å². The van der Waals surface area contributed by atoms with Crippen molar-refractivity contribution in [1.29, 1.82) is 0 Å². The maximum Gasteiger partial charge on any atom is 0.243 e. The lowest BCUT2D eigenvalue weighted by Gasteiger charge is -2.26. The maximum absolute atomic E-state index is 12.6. The number of ether oxygens (including phenoxy) is 1. The molecule has 7 nitrogen and oxygen atoms in total. The number of sulfonamides is 1. The normalized spacial score (nSPS) is 19.5. The topological polar surface area (TPSA) is 97.0 Å². The largest absolute Gasteiger partial charge is 0.493 e. The number of benzene rings is 2. The first kappa shape index (κ1) is 22.8. The van der Waals surface area contributed by atoms with E-state index in [4.69, 9.17) is 10.5 Å². The molecule has 0 bridgehead atoms. The number of hydrogen-bond donors (Lipinski definition) is 2.